The summed E-state index contributed by atoms with van der Waals surface area (Å²) in [7, 11) is 1.31. The number of aromatic nitrogens is 1. The molecule has 2 bridgehead atoms. The minimum atomic E-state index is -0.618. The van der Waals surface area contributed by atoms with Crippen molar-refractivity contribution in [3.63, 3.8) is 0 Å². The Bertz CT molecular complexity index is 991. The van der Waals surface area contributed by atoms with Gasteiger partial charge in [-0.05, 0) is 18.1 Å². The maximum absolute atomic E-state index is 13.1. The van der Waals surface area contributed by atoms with Gasteiger partial charge in [-0.15, -0.1) is 0 Å². The number of nitrogens with one attached hydrogen (secondary N) is 2. The lowest BCUT2D eigenvalue weighted by atomic mass is 9.77. The fraction of sp³-hybridized carbons (Fsp3) is 0.381. The monoisotopic (exact) mass is 380 g/mol. The second-order valence-corrected chi connectivity index (χ2v) is 7.43. The molecule has 0 saturated heterocycles. The SMILES string of the molecule is CCC12C=CCN(C1)C(=O)Cc1c([nH]c3ccccc13)/C(=N\NC(=O)OC)C2. The first kappa shape index (κ1) is 18.3. The molecule has 4 rings (SSSR count). The largest absolute Gasteiger partial charge is 0.452 e. The van der Waals surface area contributed by atoms with Crippen molar-refractivity contribution in [1.29, 1.82) is 0 Å². The predicted molar refractivity (Wildman–Crippen MR) is 107 cm³/mol. The predicted octanol–water partition coefficient (Wildman–Crippen LogP) is 2.97. The maximum Gasteiger partial charge on any atom is 0.427 e. The third-order valence-corrected chi connectivity index (χ3v) is 5.78. The Kier molecular flexibility index (Phi) is 4.66. The molecule has 0 spiro atoms. The van der Waals surface area contributed by atoms with Gasteiger partial charge in [0.25, 0.3) is 0 Å². The van der Waals surface area contributed by atoms with E-state index in [2.05, 4.69) is 39.3 Å². The summed E-state index contributed by atoms with van der Waals surface area (Å²) in [4.78, 5) is 30.1. The average molecular weight is 380 g/mol. The molecular formula is C21H24N4O3. The molecule has 2 aliphatic heterocycles. The number of hydrogen-bond acceptors (Lipinski definition) is 4. The van der Waals surface area contributed by atoms with Crippen molar-refractivity contribution in [3.8, 4) is 0 Å². The van der Waals surface area contributed by atoms with Gasteiger partial charge in [-0.2, -0.15) is 5.10 Å². The standard InChI is InChI=1S/C21H24N4O3/c1-3-21-9-6-10-25(13-21)18(26)11-15-14-7-4-5-8-16(14)22-19(15)17(12-21)23-24-20(27)28-2/h4-9,22H,3,10-13H2,1-2H3,(H,24,27)/b23-17-. The number of ether oxygens (including phenoxy) is 1. The molecule has 146 valence electrons. The van der Waals surface area contributed by atoms with E-state index in [1.165, 1.54) is 7.11 Å². The van der Waals surface area contributed by atoms with E-state index in [0.717, 1.165) is 34.3 Å². The van der Waals surface area contributed by atoms with Gasteiger partial charge in [-0.1, -0.05) is 37.3 Å². The number of carbonyl (C=O) groups is 2. The Balaban J connectivity index is 1.90. The first-order valence-electron chi connectivity index (χ1n) is 9.51. The molecule has 1 unspecified atom stereocenters. The molecule has 28 heavy (non-hydrogen) atoms. The summed E-state index contributed by atoms with van der Waals surface area (Å²) in [6.07, 6.45) is 5.40. The molecule has 0 fully saturated rings. The lowest BCUT2D eigenvalue weighted by molar-refractivity contribution is -0.131. The van der Waals surface area contributed by atoms with Crippen LogP contribution in [-0.2, 0) is 16.0 Å². The summed E-state index contributed by atoms with van der Waals surface area (Å²) in [5.74, 6) is 0.107. The van der Waals surface area contributed by atoms with Crippen molar-refractivity contribution in [1.82, 2.24) is 15.3 Å². The fourth-order valence-corrected chi connectivity index (χ4v) is 4.16. The van der Waals surface area contributed by atoms with Crippen LogP contribution in [0.1, 0.15) is 31.0 Å². The van der Waals surface area contributed by atoms with E-state index in [-0.39, 0.29) is 11.3 Å². The number of carbonyl (C=O) groups excluding carboxylic acids is 2. The fourth-order valence-electron chi connectivity index (χ4n) is 4.16. The number of hydrazone groups is 1. The van der Waals surface area contributed by atoms with Crippen LogP contribution in [0.3, 0.4) is 0 Å². The lowest BCUT2D eigenvalue weighted by Gasteiger charge is -2.38. The second-order valence-electron chi connectivity index (χ2n) is 7.43. The van der Waals surface area contributed by atoms with Crippen molar-refractivity contribution in [2.75, 3.05) is 20.2 Å². The number of nitrogens with zero attached hydrogens (tertiary/aromatic N) is 2. The van der Waals surface area contributed by atoms with Crippen LogP contribution in [-0.4, -0.2) is 47.8 Å². The van der Waals surface area contributed by atoms with Gasteiger partial charge >= 0.3 is 6.09 Å². The molecule has 1 aromatic heterocycles. The topological polar surface area (TPSA) is 86.8 Å². The van der Waals surface area contributed by atoms with E-state index in [1.807, 2.05) is 29.2 Å². The smallest absolute Gasteiger partial charge is 0.427 e. The number of methoxy groups -OCH3 is 1. The molecule has 2 aromatic rings. The van der Waals surface area contributed by atoms with Crippen LogP contribution in [0, 0.1) is 5.41 Å². The van der Waals surface area contributed by atoms with Crippen molar-refractivity contribution >= 4 is 28.6 Å². The van der Waals surface area contributed by atoms with Crippen molar-refractivity contribution in [2.24, 2.45) is 10.5 Å². The third-order valence-electron chi connectivity index (χ3n) is 5.78. The first-order valence-corrected chi connectivity index (χ1v) is 9.51. The highest BCUT2D eigenvalue weighted by atomic mass is 16.5. The number of fused-ring (bicyclic) bond motifs is 5. The van der Waals surface area contributed by atoms with Gasteiger partial charge in [0, 0.05) is 35.8 Å². The van der Waals surface area contributed by atoms with Crippen molar-refractivity contribution < 1.29 is 14.3 Å². The molecular weight excluding hydrogens is 356 g/mol. The van der Waals surface area contributed by atoms with Gasteiger partial charge in [-0.25, -0.2) is 10.2 Å². The zero-order valence-electron chi connectivity index (χ0n) is 16.1. The summed E-state index contributed by atoms with van der Waals surface area (Å²) in [6, 6.07) is 7.92. The van der Waals surface area contributed by atoms with Crippen molar-refractivity contribution in [2.45, 2.75) is 26.2 Å². The van der Waals surface area contributed by atoms with E-state index < -0.39 is 6.09 Å². The molecule has 2 amide bonds. The molecule has 7 heteroatoms. The minimum Gasteiger partial charge on any atom is -0.452 e. The minimum absolute atomic E-state index is 0.107. The second kappa shape index (κ2) is 7.14. The maximum atomic E-state index is 13.1. The quantitative estimate of drug-likeness (QED) is 0.620. The molecule has 1 atom stereocenters. The molecule has 3 heterocycles. The van der Waals surface area contributed by atoms with E-state index in [4.69, 9.17) is 0 Å². The van der Waals surface area contributed by atoms with Gasteiger partial charge < -0.3 is 14.6 Å². The zero-order valence-corrected chi connectivity index (χ0v) is 16.1. The Morgan fingerprint density at radius 2 is 2.21 bits per heavy atom. The highest BCUT2D eigenvalue weighted by Gasteiger charge is 2.37. The summed E-state index contributed by atoms with van der Waals surface area (Å²) in [6.45, 7) is 3.40. The van der Waals surface area contributed by atoms with E-state index in [9.17, 15) is 9.59 Å². The van der Waals surface area contributed by atoms with Crippen LogP contribution >= 0.6 is 0 Å². The summed E-state index contributed by atoms with van der Waals surface area (Å²) in [5, 5.41) is 5.40. The molecule has 0 radical (unpaired) electrons. The average Bonchev–Trinajstić information content (AvgIpc) is 3.09. The highest BCUT2D eigenvalue weighted by Crippen LogP contribution is 2.37. The van der Waals surface area contributed by atoms with Crippen LogP contribution in [0.25, 0.3) is 10.9 Å². The van der Waals surface area contributed by atoms with Crippen LogP contribution < -0.4 is 5.43 Å². The zero-order chi connectivity index (χ0) is 19.7. The number of para-hydroxylation sites is 1. The molecule has 0 saturated carbocycles. The summed E-state index contributed by atoms with van der Waals surface area (Å²) >= 11 is 0. The third kappa shape index (κ3) is 3.17. The number of benzene rings is 1. The van der Waals surface area contributed by atoms with Crippen LogP contribution in [0.5, 0.6) is 0 Å². The Hall–Kier alpha value is -3.09. The van der Waals surface area contributed by atoms with Gasteiger partial charge in [0.1, 0.15) is 0 Å². The Morgan fingerprint density at radius 1 is 1.39 bits per heavy atom. The number of hydrogen-bond donors (Lipinski definition) is 2. The molecule has 2 aliphatic rings. The van der Waals surface area contributed by atoms with Crippen LogP contribution in [0.15, 0.2) is 41.5 Å². The van der Waals surface area contributed by atoms with Gasteiger partial charge in [-0.3, -0.25) is 4.79 Å². The highest BCUT2D eigenvalue weighted by molar-refractivity contribution is 6.07. The van der Waals surface area contributed by atoms with Crippen LogP contribution in [0.2, 0.25) is 0 Å². The van der Waals surface area contributed by atoms with Gasteiger partial charge in [0.05, 0.1) is 24.9 Å². The lowest BCUT2D eigenvalue weighted by Crippen LogP contribution is -2.44. The van der Waals surface area contributed by atoms with Crippen molar-refractivity contribution in [3.05, 3.63) is 47.7 Å². The number of rotatable bonds is 2. The van der Waals surface area contributed by atoms with Crippen LogP contribution in [0.4, 0.5) is 4.79 Å². The van der Waals surface area contributed by atoms with E-state index in [1.54, 1.807) is 0 Å². The molecule has 1 aromatic carbocycles. The number of H-pyrrole nitrogens is 1. The molecule has 0 aliphatic carbocycles. The van der Waals surface area contributed by atoms with E-state index in [0.29, 0.717) is 25.9 Å². The molecule has 2 N–H and O–H groups in total. The Morgan fingerprint density at radius 3 is 3.00 bits per heavy atom. The Labute approximate surface area is 163 Å². The summed E-state index contributed by atoms with van der Waals surface area (Å²) < 4.78 is 4.68. The van der Waals surface area contributed by atoms with Gasteiger partial charge in [0.15, 0.2) is 0 Å². The summed E-state index contributed by atoms with van der Waals surface area (Å²) in [5.41, 5.74) is 5.65. The van der Waals surface area contributed by atoms with E-state index >= 15 is 0 Å². The number of aromatic amines is 1. The molecule has 7 nitrogen and oxygen atoms in total. The number of amides is 2. The first-order chi connectivity index (χ1) is 13.5. The van der Waals surface area contributed by atoms with Gasteiger partial charge in [0.2, 0.25) is 5.91 Å². The normalized spacial score (nSPS) is 23.1.